The molecule has 10 heteroatoms. The number of hydrogen-bond donors (Lipinski definition) is 0. The van der Waals surface area contributed by atoms with Crippen LogP contribution in [0, 0.1) is 5.82 Å². The number of pyridine rings is 1. The maximum atomic E-state index is 13.6. The minimum Gasteiger partial charge on any atom is -0.496 e. The van der Waals surface area contributed by atoms with E-state index in [1.807, 2.05) is 0 Å². The zero-order chi connectivity index (χ0) is 26.3. The number of alkyl halides is 6. The van der Waals surface area contributed by atoms with Crippen molar-refractivity contribution < 1.29 is 40.2 Å². The van der Waals surface area contributed by atoms with Crippen LogP contribution in [0.1, 0.15) is 45.8 Å². The number of benzene rings is 2. The predicted molar refractivity (Wildman–Crippen MR) is 118 cm³/mol. The molecular formula is C26H20F7NO2. The highest BCUT2D eigenvalue weighted by Crippen LogP contribution is 2.43. The van der Waals surface area contributed by atoms with Gasteiger partial charge in [-0.1, -0.05) is 18.7 Å². The van der Waals surface area contributed by atoms with Crippen LogP contribution >= 0.6 is 0 Å². The third kappa shape index (κ3) is 5.17. The van der Waals surface area contributed by atoms with Crippen molar-refractivity contribution in [3.63, 3.8) is 0 Å². The van der Waals surface area contributed by atoms with Crippen LogP contribution in [-0.4, -0.2) is 18.2 Å². The fourth-order valence-corrected chi connectivity index (χ4v) is 4.37. The molecule has 0 N–H and O–H groups in total. The van der Waals surface area contributed by atoms with Crippen LogP contribution in [0.3, 0.4) is 0 Å². The molecule has 0 fully saturated rings. The van der Waals surface area contributed by atoms with Gasteiger partial charge in [0.15, 0.2) is 0 Å². The highest BCUT2D eigenvalue weighted by molar-refractivity contribution is 5.60. The number of fused-ring (bicyclic) bond motifs is 1. The number of ether oxygens (including phenoxy) is 2. The van der Waals surface area contributed by atoms with E-state index in [1.165, 1.54) is 37.6 Å². The number of nitrogens with zero attached hydrogens (tertiary/aromatic N) is 1. The SMILES string of the molecule is C=C(OC1CCc2c(OC)ccnc2C1c1ccc(F)cc1)c1cc(C(F)(F)F)cc(C(F)(F)F)c1. The van der Waals surface area contributed by atoms with Gasteiger partial charge in [-0.2, -0.15) is 26.3 Å². The Morgan fingerprint density at radius 2 is 1.56 bits per heavy atom. The Morgan fingerprint density at radius 3 is 2.11 bits per heavy atom. The summed E-state index contributed by atoms with van der Waals surface area (Å²) in [4.78, 5) is 4.45. The summed E-state index contributed by atoms with van der Waals surface area (Å²) in [6, 6.07) is 8.43. The summed E-state index contributed by atoms with van der Waals surface area (Å²) >= 11 is 0. The van der Waals surface area contributed by atoms with Gasteiger partial charge < -0.3 is 9.47 Å². The first-order valence-electron chi connectivity index (χ1n) is 10.8. The third-order valence-corrected chi connectivity index (χ3v) is 6.04. The van der Waals surface area contributed by atoms with E-state index in [0.717, 1.165) is 5.56 Å². The van der Waals surface area contributed by atoms with Gasteiger partial charge in [0, 0.05) is 17.3 Å². The van der Waals surface area contributed by atoms with Gasteiger partial charge in [0.1, 0.15) is 23.4 Å². The highest BCUT2D eigenvalue weighted by atomic mass is 19.4. The Bertz CT molecular complexity index is 1230. The van der Waals surface area contributed by atoms with Crippen LogP contribution in [0.15, 0.2) is 61.3 Å². The standard InChI is InChI=1S/C26H20F7NO2/c1-14(16-11-17(25(28,29)30)13-18(12-16)26(31,32)33)36-22-8-7-20-21(35-2)9-10-34-24(20)23(22)15-3-5-19(27)6-4-15/h3-6,9-13,22-23H,1,7-8H2,2H3. The molecule has 0 saturated heterocycles. The summed E-state index contributed by atoms with van der Waals surface area (Å²) in [5, 5.41) is 0. The van der Waals surface area contributed by atoms with E-state index in [9.17, 15) is 30.7 Å². The van der Waals surface area contributed by atoms with Crippen molar-refractivity contribution in [2.75, 3.05) is 7.11 Å². The average Bonchev–Trinajstić information content (AvgIpc) is 2.82. The molecule has 4 rings (SSSR count). The first-order chi connectivity index (χ1) is 16.9. The van der Waals surface area contributed by atoms with Gasteiger partial charge in [-0.15, -0.1) is 0 Å². The summed E-state index contributed by atoms with van der Waals surface area (Å²) in [6.45, 7) is 3.64. The molecule has 2 atom stereocenters. The van der Waals surface area contributed by atoms with Crippen LogP contribution < -0.4 is 4.74 Å². The van der Waals surface area contributed by atoms with Gasteiger partial charge in [0.2, 0.25) is 0 Å². The molecule has 190 valence electrons. The first kappa shape index (κ1) is 25.5. The van der Waals surface area contributed by atoms with Crippen molar-refractivity contribution in [3.8, 4) is 5.75 Å². The Hall–Kier alpha value is -3.56. The van der Waals surface area contributed by atoms with E-state index in [4.69, 9.17) is 9.47 Å². The Morgan fingerprint density at radius 1 is 0.944 bits per heavy atom. The summed E-state index contributed by atoms with van der Waals surface area (Å²) < 4.78 is 105. The Balaban J connectivity index is 1.74. The molecule has 0 bridgehead atoms. The molecule has 0 amide bonds. The molecule has 0 saturated carbocycles. The second-order valence-corrected chi connectivity index (χ2v) is 8.32. The molecule has 2 aromatic carbocycles. The lowest BCUT2D eigenvalue weighted by molar-refractivity contribution is -0.143. The van der Waals surface area contributed by atoms with E-state index >= 15 is 0 Å². The number of hydrogen-bond acceptors (Lipinski definition) is 3. The first-order valence-corrected chi connectivity index (χ1v) is 10.8. The lowest BCUT2D eigenvalue weighted by atomic mass is 9.79. The van der Waals surface area contributed by atoms with Crippen molar-refractivity contribution >= 4 is 5.76 Å². The number of aromatic nitrogens is 1. The summed E-state index contributed by atoms with van der Waals surface area (Å²) in [5.41, 5.74) is -1.42. The number of halogens is 7. The fourth-order valence-electron chi connectivity index (χ4n) is 4.37. The minimum atomic E-state index is -5.00. The minimum absolute atomic E-state index is 0.0468. The molecule has 1 aromatic heterocycles. The van der Waals surface area contributed by atoms with Crippen LogP contribution in [0.25, 0.3) is 5.76 Å². The normalized spacial score (nSPS) is 17.9. The largest absolute Gasteiger partial charge is 0.496 e. The van der Waals surface area contributed by atoms with Crippen LogP contribution in [-0.2, 0) is 23.5 Å². The maximum absolute atomic E-state index is 13.6. The molecule has 2 unspecified atom stereocenters. The van der Waals surface area contributed by atoms with Crippen molar-refractivity contribution in [1.29, 1.82) is 0 Å². The number of methoxy groups -OCH3 is 1. The van der Waals surface area contributed by atoms with E-state index in [2.05, 4.69) is 11.6 Å². The Kier molecular flexibility index (Phi) is 6.72. The van der Waals surface area contributed by atoms with Crippen molar-refractivity contribution in [1.82, 2.24) is 4.98 Å². The van der Waals surface area contributed by atoms with Gasteiger partial charge in [-0.3, -0.25) is 4.98 Å². The summed E-state index contributed by atoms with van der Waals surface area (Å²) in [7, 11) is 1.50. The second-order valence-electron chi connectivity index (χ2n) is 8.32. The summed E-state index contributed by atoms with van der Waals surface area (Å²) in [6.07, 6.45) is -8.47. The molecule has 36 heavy (non-hydrogen) atoms. The third-order valence-electron chi connectivity index (χ3n) is 6.04. The molecule has 3 aromatic rings. The quantitative estimate of drug-likeness (QED) is 0.264. The van der Waals surface area contributed by atoms with Gasteiger partial charge in [0.25, 0.3) is 0 Å². The van der Waals surface area contributed by atoms with E-state index in [0.29, 0.717) is 42.0 Å². The average molecular weight is 511 g/mol. The van der Waals surface area contributed by atoms with E-state index in [-0.39, 0.29) is 11.8 Å². The van der Waals surface area contributed by atoms with Crippen molar-refractivity contribution in [3.05, 3.63) is 101 Å². The molecule has 1 heterocycles. The smallest absolute Gasteiger partial charge is 0.416 e. The molecule has 0 spiro atoms. The number of rotatable bonds is 5. The molecule has 1 aliphatic carbocycles. The Labute approximate surface area is 202 Å². The lowest BCUT2D eigenvalue weighted by Crippen LogP contribution is -2.30. The summed E-state index contributed by atoms with van der Waals surface area (Å²) in [5.74, 6) is -0.847. The van der Waals surface area contributed by atoms with Gasteiger partial charge >= 0.3 is 12.4 Å². The predicted octanol–water partition coefficient (Wildman–Crippen LogP) is 7.40. The van der Waals surface area contributed by atoms with Gasteiger partial charge in [0.05, 0.1) is 29.8 Å². The molecule has 1 aliphatic rings. The zero-order valence-corrected chi connectivity index (χ0v) is 18.9. The van der Waals surface area contributed by atoms with Crippen molar-refractivity contribution in [2.45, 2.75) is 37.2 Å². The van der Waals surface area contributed by atoms with Gasteiger partial charge in [-0.25, -0.2) is 4.39 Å². The van der Waals surface area contributed by atoms with Crippen LogP contribution in [0.5, 0.6) is 5.75 Å². The molecule has 3 nitrogen and oxygen atoms in total. The monoisotopic (exact) mass is 511 g/mol. The maximum Gasteiger partial charge on any atom is 0.416 e. The highest BCUT2D eigenvalue weighted by Gasteiger charge is 2.39. The molecule has 0 radical (unpaired) electrons. The van der Waals surface area contributed by atoms with Gasteiger partial charge in [-0.05, 0) is 54.8 Å². The van der Waals surface area contributed by atoms with Crippen molar-refractivity contribution in [2.24, 2.45) is 0 Å². The lowest BCUT2D eigenvalue weighted by Gasteiger charge is -2.34. The molecule has 0 aliphatic heterocycles. The van der Waals surface area contributed by atoms with Crippen LogP contribution in [0.4, 0.5) is 30.7 Å². The van der Waals surface area contributed by atoms with E-state index < -0.39 is 46.9 Å². The van der Waals surface area contributed by atoms with E-state index in [1.54, 1.807) is 6.07 Å². The topological polar surface area (TPSA) is 31.4 Å². The second kappa shape index (κ2) is 9.48. The zero-order valence-electron chi connectivity index (χ0n) is 18.9. The molecular weight excluding hydrogens is 491 g/mol. The fraction of sp³-hybridized carbons (Fsp3) is 0.269. The van der Waals surface area contributed by atoms with Crippen LogP contribution in [0.2, 0.25) is 0 Å².